The maximum absolute atomic E-state index is 11.8. The SMILES string of the molecule is O=C1OC(C(Cl)c2ccc(Cl)cc2)c2ccccc21. The van der Waals surface area contributed by atoms with Crippen molar-refractivity contribution >= 4 is 29.2 Å². The molecule has 19 heavy (non-hydrogen) atoms. The molecule has 4 heteroatoms. The highest BCUT2D eigenvalue weighted by Crippen LogP contribution is 2.43. The number of alkyl halides is 1. The Labute approximate surface area is 120 Å². The van der Waals surface area contributed by atoms with Gasteiger partial charge in [0.2, 0.25) is 0 Å². The van der Waals surface area contributed by atoms with Gasteiger partial charge in [0.1, 0.15) is 6.10 Å². The number of benzene rings is 2. The van der Waals surface area contributed by atoms with Gasteiger partial charge in [-0.25, -0.2) is 4.79 Å². The number of carbonyl (C=O) groups excluding carboxylic acids is 1. The van der Waals surface area contributed by atoms with Crippen LogP contribution < -0.4 is 0 Å². The van der Waals surface area contributed by atoms with E-state index in [0.717, 1.165) is 11.1 Å². The molecule has 3 rings (SSSR count). The van der Waals surface area contributed by atoms with Crippen LogP contribution in [0.2, 0.25) is 5.02 Å². The van der Waals surface area contributed by atoms with Gasteiger partial charge in [-0.05, 0) is 23.8 Å². The molecular formula is C15H10Cl2O2. The van der Waals surface area contributed by atoms with Crippen LogP contribution in [0.15, 0.2) is 48.5 Å². The van der Waals surface area contributed by atoms with E-state index in [4.69, 9.17) is 27.9 Å². The molecule has 0 radical (unpaired) electrons. The first-order valence-corrected chi connectivity index (χ1v) is 6.67. The molecule has 1 aliphatic rings. The number of hydrogen-bond acceptors (Lipinski definition) is 2. The molecule has 2 atom stereocenters. The van der Waals surface area contributed by atoms with E-state index < -0.39 is 11.5 Å². The molecular weight excluding hydrogens is 283 g/mol. The first-order valence-electron chi connectivity index (χ1n) is 5.86. The number of ether oxygens (including phenoxy) is 1. The molecule has 1 heterocycles. The van der Waals surface area contributed by atoms with Gasteiger partial charge in [-0.2, -0.15) is 0 Å². The maximum Gasteiger partial charge on any atom is 0.339 e. The van der Waals surface area contributed by atoms with Gasteiger partial charge in [-0.15, -0.1) is 11.6 Å². The molecule has 2 aromatic carbocycles. The Bertz CT molecular complexity index is 622. The summed E-state index contributed by atoms with van der Waals surface area (Å²) in [4.78, 5) is 11.8. The number of hydrogen-bond donors (Lipinski definition) is 0. The van der Waals surface area contributed by atoms with Crippen molar-refractivity contribution in [1.29, 1.82) is 0 Å². The van der Waals surface area contributed by atoms with Crippen LogP contribution >= 0.6 is 23.2 Å². The lowest BCUT2D eigenvalue weighted by molar-refractivity contribution is 0.0376. The lowest BCUT2D eigenvalue weighted by Gasteiger charge is -2.17. The Morgan fingerprint density at radius 3 is 2.47 bits per heavy atom. The summed E-state index contributed by atoms with van der Waals surface area (Å²) >= 11 is 12.3. The Balaban J connectivity index is 1.96. The minimum Gasteiger partial charge on any atom is -0.452 e. The second kappa shape index (κ2) is 4.87. The molecule has 0 bridgehead atoms. The van der Waals surface area contributed by atoms with E-state index >= 15 is 0 Å². The van der Waals surface area contributed by atoms with E-state index in [9.17, 15) is 4.79 Å². The van der Waals surface area contributed by atoms with E-state index in [1.807, 2.05) is 30.3 Å². The van der Waals surface area contributed by atoms with Crippen molar-refractivity contribution in [2.45, 2.75) is 11.5 Å². The largest absolute Gasteiger partial charge is 0.452 e. The first-order chi connectivity index (χ1) is 9.16. The highest BCUT2D eigenvalue weighted by molar-refractivity contribution is 6.30. The number of fused-ring (bicyclic) bond motifs is 1. The normalized spacial score (nSPS) is 18.8. The standard InChI is InChI=1S/C15H10Cl2O2/c16-10-7-5-9(6-8-10)13(17)14-11-3-1-2-4-12(11)15(18)19-14/h1-8,13-14H. The molecule has 0 aliphatic carbocycles. The van der Waals surface area contributed by atoms with Crippen LogP contribution in [0.5, 0.6) is 0 Å². The fourth-order valence-electron chi connectivity index (χ4n) is 2.21. The molecule has 0 aromatic heterocycles. The molecule has 1 aliphatic heterocycles. The van der Waals surface area contributed by atoms with Gasteiger partial charge in [0.15, 0.2) is 0 Å². The molecule has 0 fully saturated rings. The van der Waals surface area contributed by atoms with E-state index in [-0.39, 0.29) is 5.97 Å². The number of esters is 1. The topological polar surface area (TPSA) is 26.3 Å². The molecule has 2 nitrogen and oxygen atoms in total. The number of rotatable bonds is 2. The molecule has 0 saturated heterocycles. The van der Waals surface area contributed by atoms with Crippen LogP contribution in [0.1, 0.15) is 33.0 Å². The average Bonchev–Trinajstić information content (AvgIpc) is 2.77. The van der Waals surface area contributed by atoms with E-state index in [0.29, 0.717) is 10.6 Å². The van der Waals surface area contributed by atoms with Crippen LogP contribution in [0.4, 0.5) is 0 Å². The van der Waals surface area contributed by atoms with Crippen LogP contribution in [-0.2, 0) is 4.74 Å². The smallest absolute Gasteiger partial charge is 0.339 e. The number of carbonyl (C=O) groups is 1. The number of cyclic esters (lactones) is 1. The molecule has 0 amide bonds. The van der Waals surface area contributed by atoms with E-state index in [2.05, 4.69) is 0 Å². The van der Waals surface area contributed by atoms with Crippen molar-refractivity contribution in [3.8, 4) is 0 Å². The quantitative estimate of drug-likeness (QED) is 0.600. The van der Waals surface area contributed by atoms with Crippen molar-refractivity contribution in [2.75, 3.05) is 0 Å². The third-order valence-electron chi connectivity index (χ3n) is 3.18. The zero-order valence-electron chi connectivity index (χ0n) is 9.85. The van der Waals surface area contributed by atoms with Crippen molar-refractivity contribution in [3.63, 3.8) is 0 Å². The molecule has 0 saturated carbocycles. The van der Waals surface area contributed by atoms with Crippen molar-refractivity contribution < 1.29 is 9.53 Å². The van der Waals surface area contributed by atoms with Crippen LogP contribution in [0.3, 0.4) is 0 Å². The summed E-state index contributed by atoms with van der Waals surface area (Å²) in [6.07, 6.45) is -0.452. The molecule has 0 N–H and O–H groups in total. The Kier molecular flexibility index (Phi) is 3.21. The third kappa shape index (κ3) is 2.22. The summed E-state index contributed by atoms with van der Waals surface area (Å²) in [5, 5.41) is 0.223. The zero-order valence-corrected chi connectivity index (χ0v) is 11.4. The van der Waals surface area contributed by atoms with Gasteiger partial charge in [0.25, 0.3) is 0 Å². The average molecular weight is 293 g/mol. The van der Waals surface area contributed by atoms with Crippen molar-refractivity contribution in [2.24, 2.45) is 0 Å². The van der Waals surface area contributed by atoms with Crippen LogP contribution in [0.25, 0.3) is 0 Å². The lowest BCUT2D eigenvalue weighted by Crippen LogP contribution is -2.06. The highest BCUT2D eigenvalue weighted by atomic mass is 35.5. The predicted molar refractivity (Wildman–Crippen MR) is 74.6 cm³/mol. The zero-order chi connectivity index (χ0) is 13.4. The Hall–Kier alpha value is -1.51. The van der Waals surface area contributed by atoms with Gasteiger partial charge in [0.05, 0.1) is 10.9 Å². The first kappa shape index (κ1) is 12.5. The second-order valence-electron chi connectivity index (χ2n) is 4.37. The summed E-state index contributed by atoms with van der Waals surface area (Å²) in [5.74, 6) is -0.319. The summed E-state index contributed by atoms with van der Waals surface area (Å²) in [6.45, 7) is 0. The molecule has 2 aromatic rings. The van der Waals surface area contributed by atoms with Crippen molar-refractivity contribution in [3.05, 3.63) is 70.2 Å². The van der Waals surface area contributed by atoms with Crippen LogP contribution in [0, 0.1) is 0 Å². The molecule has 96 valence electrons. The predicted octanol–water partition coefficient (Wildman–Crippen LogP) is 4.53. The summed E-state index contributed by atoms with van der Waals surface area (Å²) in [6, 6.07) is 14.5. The molecule has 2 unspecified atom stereocenters. The third-order valence-corrected chi connectivity index (χ3v) is 3.91. The van der Waals surface area contributed by atoms with Crippen LogP contribution in [-0.4, -0.2) is 5.97 Å². The number of halogens is 2. The second-order valence-corrected chi connectivity index (χ2v) is 5.27. The van der Waals surface area contributed by atoms with Gasteiger partial charge in [0, 0.05) is 10.6 Å². The molecule has 0 spiro atoms. The summed E-state index contributed by atoms with van der Waals surface area (Å²) in [7, 11) is 0. The van der Waals surface area contributed by atoms with E-state index in [1.54, 1.807) is 18.2 Å². The lowest BCUT2D eigenvalue weighted by atomic mass is 9.99. The summed E-state index contributed by atoms with van der Waals surface area (Å²) in [5.41, 5.74) is 2.30. The van der Waals surface area contributed by atoms with E-state index in [1.165, 1.54) is 0 Å². The van der Waals surface area contributed by atoms with Gasteiger partial charge in [-0.3, -0.25) is 0 Å². The fraction of sp³-hybridized carbons (Fsp3) is 0.133. The van der Waals surface area contributed by atoms with Gasteiger partial charge < -0.3 is 4.74 Å². The Morgan fingerprint density at radius 1 is 1.05 bits per heavy atom. The maximum atomic E-state index is 11.8. The summed E-state index contributed by atoms with van der Waals surface area (Å²) < 4.78 is 5.37. The Morgan fingerprint density at radius 2 is 1.74 bits per heavy atom. The monoisotopic (exact) mass is 292 g/mol. The van der Waals surface area contributed by atoms with Gasteiger partial charge in [-0.1, -0.05) is 41.9 Å². The highest BCUT2D eigenvalue weighted by Gasteiger charge is 2.36. The van der Waals surface area contributed by atoms with Gasteiger partial charge >= 0.3 is 5.97 Å². The fourth-order valence-corrected chi connectivity index (χ4v) is 2.67. The minimum absolute atomic E-state index is 0.319. The minimum atomic E-state index is -0.452. The van der Waals surface area contributed by atoms with Crippen molar-refractivity contribution in [1.82, 2.24) is 0 Å².